The van der Waals surface area contributed by atoms with Crippen molar-refractivity contribution in [1.29, 1.82) is 0 Å². The Morgan fingerprint density at radius 3 is 2.84 bits per heavy atom. The molecular formula is C40H48N2O6S. The minimum Gasteiger partial charge on any atom is -0.490 e. The molecule has 8 nitrogen and oxygen atoms in total. The normalized spacial score (nSPS) is 29.1. The summed E-state index contributed by atoms with van der Waals surface area (Å²) in [4.78, 5) is 29.4. The molecule has 260 valence electrons. The third kappa shape index (κ3) is 7.29. The van der Waals surface area contributed by atoms with E-state index in [-0.39, 0.29) is 35.2 Å². The van der Waals surface area contributed by atoms with E-state index >= 15 is 0 Å². The predicted octanol–water partition coefficient (Wildman–Crippen LogP) is 7.26. The molecule has 0 radical (unpaired) electrons. The summed E-state index contributed by atoms with van der Waals surface area (Å²) in [5.41, 5.74) is 5.11. The molecule has 49 heavy (non-hydrogen) atoms. The number of benzene rings is 2. The number of rotatable bonds is 6. The lowest BCUT2D eigenvalue weighted by Gasteiger charge is -2.46. The van der Waals surface area contributed by atoms with Gasteiger partial charge in [-0.3, -0.25) is 9.59 Å². The van der Waals surface area contributed by atoms with Gasteiger partial charge in [-0.05, 0) is 105 Å². The number of ether oxygens (including phenoxy) is 2. The molecule has 3 aromatic rings. The first-order valence-electron chi connectivity index (χ1n) is 17.9. The molecule has 1 aromatic heterocycles. The molecule has 3 heterocycles. The van der Waals surface area contributed by atoms with Crippen molar-refractivity contribution in [3.05, 3.63) is 95.0 Å². The molecule has 2 aliphatic carbocycles. The van der Waals surface area contributed by atoms with E-state index in [2.05, 4.69) is 46.5 Å². The van der Waals surface area contributed by atoms with E-state index in [4.69, 9.17) is 13.9 Å². The van der Waals surface area contributed by atoms with Crippen molar-refractivity contribution in [2.45, 2.75) is 76.2 Å². The number of anilines is 1. The number of carbonyl (C=O) groups excluding carboxylic acids is 2. The fourth-order valence-electron chi connectivity index (χ4n) is 8.39. The minimum absolute atomic E-state index is 0.00756. The smallest absolute Gasteiger partial charge is 0.285 e. The van der Waals surface area contributed by atoms with Crippen LogP contribution in [-0.2, 0) is 37.5 Å². The van der Waals surface area contributed by atoms with E-state index in [0.717, 1.165) is 56.6 Å². The van der Waals surface area contributed by atoms with E-state index in [1.54, 1.807) is 25.5 Å². The van der Waals surface area contributed by atoms with Crippen LogP contribution in [0.3, 0.4) is 0 Å². The number of amides is 1. The van der Waals surface area contributed by atoms with Gasteiger partial charge < -0.3 is 18.8 Å². The highest BCUT2D eigenvalue weighted by molar-refractivity contribution is 7.94. The summed E-state index contributed by atoms with van der Waals surface area (Å²) >= 11 is 0. The summed E-state index contributed by atoms with van der Waals surface area (Å²) < 4.78 is 36.7. The highest BCUT2D eigenvalue weighted by Crippen LogP contribution is 2.47. The summed E-state index contributed by atoms with van der Waals surface area (Å²) in [7, 11) is -1.37. The van der Waals surface area contributed by atoms with Crippen molar-refractivity contribution < 1.29 is 27.7 Å². The summed E-state index contributed by atoms with van der Waals surface area (Å²) in [6, 6.07) is 15.9. The lowest BCUT2D eigenvalue weighted by Crippen LogP contribution is -2.49. The van der Waals surface area contributed by atoms with Gasteiger partial charge in [0.2, 0.25) is 0 Å². The zero-order valence-electron chi connectivity index (χ0n) is 28.7. The van der Waals surface area contributed by atoms with Gasteiger partial charge >= 0.3 is 0 Å². The summed E-state index contributed by atoms with van der Waals surface area (Å²) in [5.74, 6) is 1.45. The van der Waals surface area contributed by atoms with Gasteiger partial charge in [-0.25, -0.2) is 4.21 Å². The molecule has 5 atom stereocenters. The number of ketones is 1. The van der Waals surface area contributed by atoms with Crippen LogP contribution < -0.4 is 9.64 Å². The predicted molar refractivity (Wildman–Crippen MR) is 192 cm³/mol. The van der Waals surface area contributed by atoms with E-state index < -0.39 is 15.6 Å². The lowest BCUT2D eigenvalue weighted by molar-refractivity contribution is -0.116. The van der Waals surface area contributed by atoms with E-state index in [1.165, 1.54) is 16.7 Å². The van der Waals surface area contributed by atoms with Gasteiger partial charge in [-0.1, -0.05) is 35.9 Å². The monoisotopic (exact) mass is 684 g/mol. The zero-order chi connectivity index (χ0) is 34.0. The third-order valence-corrected chi connectivity index (χ3v) is 13.3. The number of methoxy groups -OCH3 is 1. The number of carbonyl (C=O) groups is 2. The Hall–Kier alpha value is -3.69. The Morgan fingerprint density at radius 2 is 2.04 bits per heavy atom. The van der Waals surface area contributed by atoms with Gasteiger partial charge in [0.25, 0.3) is 5.91 Å². The first-order valence-corrected chi connectivity index (χ1v) is 19.7. The van der Waals surface area contributed by atoms with Crippen LogP contribution in [0.5, 0.6) is 5.75 Å². The van der Waals surface area contributed by atoms with Crippen molar-refractivity contribution >= 4 is 27.1 Å². The molecule has 2 aromatic carbocycles. The number of aryl methyl sites for hydroxylation is 3. The van der Waals surface area contributed by atoms with Crippen LogP contribution in [-0.4, -0.2) is 60.3 Å². The maximum atomic E-state index is 14.3. The fraction of sp³-hybridized carbons (Fsp3) is 0.500. The summed E-state index contributed by atoms with van der Waals surface area (Å²) in [6.45, 7) is 4.33. The first-order chi connectivity index (χ1) is 23.7. The second kappa shape index (κ2) is 14.3. The molecule has 7 rings (SSSR count). The number of fused-ring (bicyclic) bond motifs is 4. The molecule has 1 amide bonds. The highest BCUT2D eigenvalue weighted by Gasteiger charge is 2.44. The van der Waals surface area contributed by atoms with Gasteiger partial charge in [0, 0.05) is 49.8 Å². The highest BCUT2D eigenvalue weighted by atomic mass is 32.2. The van der Waals surface area contributed by atoms with Crippen molar-refractivity contribution in [2.75, 3.05) is 43.2 Å². The van der Waals surface area contributed by atoms with Crippen LogP contribution in [0.4, 0.5) is 5.69 Å². The zero-order valence-corrected chi connectivity index (χ0v) is 29.6. The van der Waals surface area contributed by atoms with Crippen LogP contribution in [0.15, 0.2) is 75.7 Å². The summed E-state index contributed by atoms with van der Waals surface area (Å²) in [6.07, 6.45) is 13.1. The molecule has 1 spiro atoms. The van der Waals surface area contributed by atoms with Gasteiger partial charge in [0.1, 0.15) is 17.3 Å². The molecule has 4 aliphatic rings. The second-order valence-corrected chi connectivity index (χ2v) is 17.0. The van der Waals surface area contributed by atoms with E-state index in [0.29, 0.717) is 49.0 Å². The maximum Gasteiger partial charge on any atom is 0.285 e. The van der Waals surface area contributed by atoms with Crippen LogP contribution in [0.1, 0.15) is 77.8 Å². The Bertz CT molecular complexity index is 1840. The van der Waals surface area contributed by atoms with Gasteiger partial charge in [-0.15, -0.1) is 0 Å². The Balaban J connectivity index is 1.25. The Kier molecular flexibility index (Phi) is 9.84. The maximum absolute atomic E-state index is 14.3. The average molecular weight is 685 g/mol. The lowest BCUT2D eigenvalue weighted by atomic mass is 9.68. The molecule has 0 saturated heterocycles. The molecular weight excluding hydrogens is 637 g/mol. The van der Waals surface area contributed by atoms with Crippen molar-refractivity contribution in [3.8, 4) is 5.75 Å². The van der Waals surface area contributed by atoms with Crippen LogP contribution in [0, 0.1) is 18.8 Å². The number of Topliss-reactive ketones (excluding diaryl/α,β-unsaturated/α-hetero) is 1. The standard InChI is InChI=1S/C40H48N2O6S/c1-28-11-17-35-29(22-28)8-6-19-40(35)26-42-24-31-12-16-34(31)37(46-2)10-4-3-5-21-49(45,25-32(43)14-15-33-9-7-20-47-33)41-39(44)30-13-18-38(48-27-40)36(42)23-30/h4,7,9-11,13,17-18,20,22-23,31,34,37H,3,5-6,8,12,14-16,19,21,24-27H2,1-2H3/b10-4+/t31-,34+,37-,40-,49+/m0/s1. The quantitative estimate of drug-likeness (QED) is 0.252. The van der Waals surface area contributed by atoms with Crippen LogP contribution >= 0.6 is 0 Å². The fourth-order valence-corrected chi connectivity index (χ4v) is 10.4. The molecule has 2 bridgehead atoms. The number of nitrogens with zero attached hydrogens (tertiary/aromatic N) is 2. The van der Waals surface area contributed by atoms with E-state index in [1.807, 2.05) is 18.2 Å². The van der Waals surface area contributed by atoms with E-state index in [9.17, 15) is 13.8 Å². The minimum atomic E-state index is -3.15. The van der Waals surface area contributed by atoms with Crippen LogP contribution in [0.25, 0.3) is 0 Å². The number of allylic oxidation sites excluding steroid dienone is 1. The second-order valence-electron chi connectivity index (χ2n) is 14.6. The average Bonchev–Trinajstić information content (AvgIpc) is 3.55. The van der Waals surface area contributed by atoms with Gasteiger partial charge in [-0.2, -0.15) is 4.36 Å². The molecule has 1 fully saturated rings. The Labute approximate surface area is 290 Å². The molecule has 2 aliphatic heterocycles. The van der Waals surface area contributed by atoms with Crippen molar-refractivity contribution in [1.82, 2.24) is 0 Å². The molecule has 0 N–H and O–H groups in total. The molecule has 9 heteroatoms. The van der Waals surface area contributed by atoms with Crippen LogP contribution in [0.2, 0.25) is 0 Å². The first kappa shape index (κ1) is 33.8. The largest absolute Gasteiger partial charge is 0.490 e. The van der Waals surface area contributed by atoms with Gasteiger partial charge in [0.15, 0.2) is 0 Å². The number of hydrogen-bond donors (Lipinski definition) is 0. The summed E-state index contributed by atoms with van der Waals surface area (Å²) in [5, 5.41) is 0. The van der Waals surface area contributed by atoms with Crippen molar-refractivity contribution in [2.24, 2.45) is 16.2 Å². The topological polar surface area (TPSA) is 98.4 Å². The number of hydrogen-bond acceptors (Lipinski definition) is 7. The van der Waals surface area contributed by atoms with Gasteiger partial charge in [0.05, 0.1) is 40.1 Å². The SMILES string of the molecule is CO[C@H]1/C=C/CCC[S@@](=O)(CC(=O)CCc2ccco2)=NC(=O)c2ccc3c(c2)N(C[C@@H]2CC[C@H]21)C[C@@]1(CCCc2cc(C)ccc21)CO3. The number of furan rings is 1. The van der Waals surface area contributed by atoms with Crippen molar-refractivity contribution in [3.63, 3.8) is 0 Å². The Morgan fingerprint density at radius 1 is 1.14 bits per heavy atom. The third-order valence-electron chi connectivity index (χ3n) is 11.1. The molecule has 1 saturated carbocycles. The molecule has 0 unspecified atom stereocenters.